The lowest BCUT2D eigenvalue weighted by Crippen LogP contribution is -2.46. The molecule has 0 radical (unpaired) electrons. The average molecular weight is 226 g/mol. The third kappa shape index (κ3) is 2.89. The number of hydrogen-bond donors (Lipinski definition) is 1. The van der Waals surface area contributed by atoms with Crippen molar-refractivity contribution < 1.29 is 4.79 Å². The Labute approximate surface area is 99.6 Å². The van der Waals surface area contributed by atoms with E-state index in [2.05, 4.69) is 19.2 Å². The number of hydrogen-bond acceptors (Lipinski definition) is 1. The fraction of sp³-hybridized carbons (Fsp3) is 0.923. The van der Waals surface area contributed by atoms with Gasteiger partial charge in [0.1, 0.15) is 0 Å². The molecule has 0 aromatic heterocycles. The molecule has 0 heterocycles. The molecule has 3 heteroatoms. The molecule has 0 saturated heterocycles. The lowest BCUT2D eigenvalue weighted by Gasteiger charge is -2.25. The van der Waals surface area contributed by atoms with Crippen molar-refractivity contribution in [2.75, 3.05) is 13.1 Å². The van der Waals surface area contributed by atoms with Gasteiger partial charge in [-0.25, -0.2) is 4.79 Å². The largest absolute Gasteiger partial charge is 0.335 e. The molecule has 0 aliphatic heterocycles. The molecule has 0 aromatic rings. The van der Waals surface area contributed by atoms with E-state index in [1.54, 1.807) is 0 Å². The molecule has 1 aliphatic rings. The fourth-order valence-corrected chi connectivity index (χ4v) is 2.79. The number of rotatable bonds is 4. The van der Waals surface area contributed by atoms with Crippen LogP contribution in [0, 0.1) is 11.8 Å². The number of amides is 2. The topological polar surface area (TPSA) is 32.3 Å². The van der Waals surface area contributed by atoms with E-state index < -0.39 is 0 Å². The van der Waals surface area contributed by atoms with Crippen LogP contribution in [0.3, 0.4) is 0 Å². The van der Waals surface area contributed by atoms with E-state index in [0.717, 1.165) is 25.4 Å². The van der Waals surface area contributed by atoms with Crippen LogP contribution in [0.1, 0.15) is 47.0 Å². The van der Waals surface area contributed by atoms with E-state index in [-0.39, 0.29) is 6.03 Å². The summed E-state index contributed by atoms with van der Waals surface area (Å²) < 4.78 is 0. The quantitative estimate of drug-likeness (QED) is 0.785. The lowest BCUT2D eigenvalue weighted by molar-refractivity contribution is 0.195. The molecule has 0 bridgehead atoms. The molecule has 1 fully saturated rings. The van der Waals surface area contributed by atoms with Gasteiger partial charge in [0, 0.05) is 19.1 Å². The van der Waals surface area contributed by atoms with Gasteiger partial charge in [0.15, 0.2) is 0 Å². The van der Waals surface area contributed by atoms with Crippen LogP contribution in [0.5, 0.6) is 0 Å². The first-order valence-electron chi connectivity index (χ1n) is 6.69. The highest BCUT2D eigenvalue weighted by atomic mass is 16.2. The van der Waals surface area contributed by atoms with Gasteiger partial charge in [0.05, 0.1) is 0 Å². The van der Waals surface area contributed by atoms with Crippen molar-refractivity contribution in [3.63, 3.8) is 0 Å². The van der Waals surface area contributed by atoms with Crippen LogP contribution in [-0.2, 0) is 0 Å². The zero-order chi connectivity index (χ0) is 12.1. The highest BCUT2D eigenvalue weighted by molar-refractivity contribution is 5.74. The van der Waals surface area contributed by atoms with Crippen molar-refractivity contribution in [1.82, 2.24) is 10.2 Å². The second-order valence-corrected chi connectivity index (χ2v) is 4.83. The van der Waals surface area contributed by atoms with Crippen molar-refractivity contribution >= 4 is 6.03 Å². The molecular weight excluding hydrogens is 200 g/mol. The molecule has 3 atom stereocenters. The van der Waals surface area contributed by atoms with Crippen molar-refractivity contribution in [3.05, 3.63) is 0 Å². The Hall–Kier alpha value is -0.730. The van der Waals surface area contributed by atoms with Gasteiger partial charge in [-0.3, -0.25) is 0 Å². The van der Waals surface area contributed by atoms with Crippen LogP contribution in [-0.4, -0.2) is 30.1 Å². The minimum Gasteiger partial charge on any atom is -0.335 e. The molecule has 16 heavy (non-hydrogen) atoms. The van der Waals surface area contributed by atoms with Gasteiger partial charge >= 0.3 is 6.03 Å². The Morgan fingerprint density at radius 2 is 1.88 bits per heavy atom. The van der Waals surface area contributed by atoms with Crippen molar-refractivity contribution in [3.8, 4) is 0 Å². The Morgan fingerprint density at radius 3 is 2.31 bits per heavy atom. The molecule has 94 valence electrons. The van der Waals surface area contributed by atoms with Crippen LogP contribution in [0.2, 0.25) is 0 Å². The van der Waals surface area contributed by atoms with Crippen LogP contribution in [0.25, 0.3) is 0 Å². The van der Waals surface area contributed by atoms with Crippen LogP contribution >= 0.6 is 0 Å². The summed E-state index contributed by atoms with van der Waals surface area (Å²) in [7, 11) is 0. The van der Waals surface area contributed by atoms with Crippen molar-refractivity contribution in [2.45, 2.75) is 53.0 Å². The summed E-state index contributed by atoms with van der Waals surface area (Å²) in [6.07, 6.45) is 3.65. The van der Waals surface area contributed by atoms with Gasteiger partial charge in [-0.15, -0.1) is 0 Å². The lowest BCUT2D eigenvalue weighted by atomic mass is 9.93. The highest BCUT2D eigenvalue weighted by Gasteiger charge is 2.32. The summed E-state index contributed by atoms with van der Waals surface area (Å²) in [6.45, 7) is 10.2. The third-order valence-corrected chi connectivity index (χ3v) is 4.11. The molecule has 3 unspecified atom stereocenters. The fourth-order valence-electron chi connectivity index (χ4n) is 2.79. The molecule has 1 aliphatic carbocycles. The number of carbonyl (C=O) groups excluding carboxylic acids is 1. The van der Waals surface area contributed by atoms with Crippen molar-refractivity contribution in [1.29, 1.82) is 0 Å². The monoisotopic (exact) mass is 226 g/mol. The Bertz CT molecular complexity index is 226. The molecule has 0 aromatic carbocycles. The molecule has 0 spiro atoms. The van der Waals surface area contributed by atoms with Gasteiger partial charge in [-0.1, -0.05) is 20.3 Å². The smallest absolute Gasteiger partial charge is 0.317 e. The summed E-state index contributed by atoms with van der Waals surface area (Å²) in [4.78, 5) is 13.8. The third-order valence-electron chi connectivity index (χ3n) is 4.11. The zero-order valence-electron chi connectivity index (χ0n) is 11.1. The zero-order valence-corrected chi connectivity index (χ0v) is 11.1. The maximum Gasteiger partial charge on any atom is 0.317 e. The maximum absolute atomic E-state index is 11.9. The van der Waals surface area contributed by atoms with Gasteiger partial charge < -0.3 is 10.2 Å². The van der Waals surface area contributed by atoms with E-state index in [4.69, 9.17) is 0 Å². The number of nitrogens with zero attached hydrogens (tertiary/aromatic N) is 1. The van der Waals surface area contributed by atoms with Crippen LogP contribution in [0.15, 0.2) is 0 Å². The molecular formula is C13H26N2O. The van der Waals surface area contributed by atoms with Gasteiger partial charge in [0.2, 0.25) is 0 Å². The minimum absolute atomic E-state index is 0.110. The predicted molar refractivity (Wildman–Crippen MR) is 67.4 cm³/mol. The molecule has 2 amide bonds. The second-order valence-electron chi connectivity index (χ2n) is 4.83. The standard InChI is InChI=1S/C13H26N2O/c1-5-11-8-9-12(10(11)4)14-13(16)15(6-2)7-3/h10-12H,5-9H2,1-4H3,(H,14,16). The van der Waals surface area contributed by atoms with E-state index >= 15 is 0 Å². The molecule has 1 saturated carbocycles. The predicted octanol–water partition coefficient (Wildman–Crippen LogP) is 2.86. The highest BCUT2D eigenvalue weighted by Crippen LogP contribution is 2.33. The normalized spacial score (nSPS) is 29.1. The first-order chi connectivity index (χ1) is 7.63. The molecule has 3 nitrogen and oxygen atoms in total. The van der Waals surface area contributed by atoms with E-state index in [1.807, 2.05) is 18.7 Å². The average Bonchev–Trinajstić information content (AvgIpc) is 2.62. The van der Waals surface area contributed by atoms with E-state index in [1.165, 1.54) is 12.8 Å². The Kier molecular flexibility index (Phi) is 5.10. The van der Waals surface area contributed by atoms with Crippen LogP contribution < -0.4 is 5.32 Å². The summed E-state index contributed by atoms with van der Waals surface area (Å²) in [5.74, 6) is 1.42. The second kappa shape index (κ2) is 6.12. The minimum atomic E-state index is 0.110. The Morgan fingerprint density at radius 1 is 1.25 bits per heavy atom. The summed E-state index contributed by atoms with van der Waals surface area (Å²) in [5.41, 5.74) is 0. The van der Waals surface area contributed by atoms with E-state index in [0.29, 0.717) is 12.0 Å². The first kappa shape index (κ1) is 13.3. The molecule has 1 rings (SSSR count). The number of urea groups is 1. The van der Waals surface area contributed by atoms with Crippen molar-refractivity contribution in [2.24, 2.45) is 11.8 Å². The van der Waals surface area contributed by atoms with Gasteiger partial charge in [-0.05, 0) is 38.5 Å². The summed E-state index contributed by atoms with van der Waals surface area (Å²) in [6, 6.07) is 0.497. The van der Waals surface area contributed by atoms with Gasteiger partial charge in [-0.2, -0.15) is 0 Å². The van der Waals surface area contributed by atoms with E-state index in [9.17, 15) is 4.79 Å². The first-order valence-corrected chi connectivity index (χ1v) is 6.69. The number of carbonyl (C=O) groups is 1. The summed E-state index contributed by atoms with van der Waals surface area (Å²) in [5, 5.41) is 3.18. The number of nitrogens with one attached hydrogen (secondary N) is 1. The maximum atomic E-state index is 11.9. The van der Waals surface area contributed by atoms with Gasteiger partial charge in [0.25, 0.3) is 0 Å². The molecule has 1 N–H and O–H groups in total. The SMILES string of the molecule is CCC1CCC(NC(=O)N(CC)CC)C1C. The summed E-state index contributed by atoms with van der Waals surface area (Å²) >= 11 is 0. The van der Waals surface area contributed by atoms with Crippen LogP contribution in [0.4, 0.5) is 4.79 Å². The Balaban J connectivity index is 2.46.